The molecule has 3 heteroatoms. The van der Waals surface area contributed by atoms with Gasteiger partial charge in [0.15, 0.2) is 0 Å². The lowest BCUT2D eigenvalue weighted by Gasteiger charge is -2.13. The van der Waals surface area contributed by atoms with Gasteiger partial charge in [-0.15, -0.1) is 0 Å². The summed E-state index contributed by atoms with van der Waals surface area (Å²) in [6.07, 6.45) is 5.61. The molecule has 0 amide bonds. The zero-order valence-electron chi connectivity index (χ0n) is 11.1. The Kier molecular flexibility index (Phi) is 5.53. The molecule has 1 rings (SSSR count). The Bertz CT molecular complexity index is 304. The van der Waals surface area contributed by atoms with Gasteiger partial charge >= 0.3 is 0 Å². The Morgan fingerprint density at radius 3 is 2.75 bits per heavy atom. The van der Waals surface area contributed by atoms with Gasteiger partial charge in [-0.05, 0) is 33.2 Å². The number of nitrogens with zero attached hydrogens (tertiary/aromatic N) is 2. The van der Waals surface area contributed by atoms with Crippen molar-refractivity contribution in [3.63, 3.8) is 0 Å². The van der Waals surface area contributed by atoms with Crippen LogP contribution in [0.3, 0.4) is 0 Å². The highest BCUT2D eigenvalue weighted by Gasteiger charge is 2.11. The summed E-state index contributed by atoms with van der Waals surface area (Å²) in [5.41, 5.74) is 2.65. The monoisotopic (exact) mass is 223 g/mol. The molecule has 1 N–H and O–H groups in total. The standard InChI is InChI=1S/C13H25N3/c1-5-7-9-16-12(4)13(10-15-16)11(3)14-8-6-2/h10-11,14H,5-9H2,1-4H3. The summed E-state index contributed by atoms with van der Waals surface area (Å²) in [5.74, 6) is 0. The van der Waals surface area contributed by atoms with E-state index in [-0.39, 0.29) is 0 Å². The molecule has 3 nitrogen and oxygen atoms in total. The molecule has 0 aromatic carbocycles. The normalized spacial score (nSPS) is 13.0. The number of hydrogen-bond donors (Lipinski definition) is 1. The quantitative estimate of drug-likeness (QED) is 0.770. The Balaban J connectivity index is 2.63. The Morgan fingerprint density at radius 1 is 1.38 bits per heavy atom. The van der Waals surface area contributed by atoms with Gasteiger partial charge in [-0.1, -0.05) is 20.3 Å². The van der Waals surface area contributed by atoms with Crippen LogP contribution in [-0.2, 0) is 6.54 Å². The lowest BCUT2D eigenvalue weighted by atomic mass is 10.1. The maximum atomic E-state index is 4.46. The van der Waals surface area contributed by atoms with Gasteiger partial charge in [-0.2, -0.15) is 5.10 Å². The zero-order chi connectivity index (χ0) is 12.0. The third-order valence-electron chi connectivity index (χ3n) is 3.03. The van der Waals surface area contributed by atoms with Crippen LogP contribution in [0.15, 0.2) is 6.20 Å². The second-order valence-corrected chi connectivity index (χ2v) is 4.44. The summed E-state index contributed by atoms with van der Waals surface area (Å²) < 4.78 is 2.13. The van der Waals surface area contributed by atoms with Gasteiger partial charge in [0.2, 0.25) is 0 Å². The first-order chi connectivity index (χ1) is 7.70. The van der Waals surface area contributed by atoms with Crippen LogP contribution in [0, 0.1) is 6.92 Å². The smallest absolute Gasteiger partial charge is 0.0540 e. The Labute approximate surface area is 99.2 Å². The van der Waals surface area contributed by atoms with Crippen molar-refractivity contribution < 1.29 is 0 Å². The van der Waals surface area contributed by atoms with E-state index in [1.165, 1.54) is 30.5 Å². The molecule has 92 valence electrons. The second-order valence-electron chi connectivity index (χ2n) is 4.44. The fraction of sp³-hybridized carbons (Fsp3) is 0.769. The first-order valence-electron chi connectivity index (χ1n) is 6.46. The number of nitrogens with one attached hydrogen (secondary N) is 1. The van der Waals surface area contributed by atoms with Crippen molar-refractivity contribution in [1.82, 2.24) is 15.1 Å². The molecule has 0 spiro atoms. The van der Waals surface area contributed by atoms with Crippen molar-refractivity contribution in [2.75, 3.05) is 6.54 Å². The molecule has 0 aliphatic carbocycles. The van der Waals surface area contributed by atoms with Gasteiger partial charge in [-0.25, -0.2) is 0 Å². The number of rotatable bonds is 7. The van der Waals surface area contributed by atoms with Gasteiger partial charge in [0, 0.05) is 23.8 Å². The largest absolute Gasteiger partial charge is 0.310 e. The van der Waals surface area contributed by atoms with E-state index in [2.05, 4.69) is 42.8 Å². The van der Waals surface area contributed by atoms with Crippen LogP contribution < -0.4 is 5.32 Å². The van der Waals surface area contributed by atoms with Crippen LogP contribution in [0.1, 0.15) is 57.3 Å². The molecule has 0 bridgehead atoms. The molecule has 1 atom stereocenters. The molecular formula is C13H25N3. The predicted molar refractivity (Wildman–Crippen MR) is 68.6 cm³/mol. The SMILES string of the molecule is CCCCn1ncc(C(C)NCCC)c1C. The summed E-state index contributed by atoms with van der Waals surface area (Å²) >= 11 is 0. The molecular weight excluding hydrogens is 198 g/mol. The molecule has 1 aromatic rings. The highest BCUT2D eigenvalue weighted by Crippen LogP contribution is 2.17. The fourth-order valence-corrected chi connectivity index (χ4v) is 1.89. The van der Waals surface area contributed by atoms with Gasteiger partial charge in [0.1, 0.15) is 0 Å². The summed E-state index contributed by atoms with van der Waals surface area (Å²) in [6, 6.07) is 0.412. The number of unbranched alkanes of at least 4 members (excludes halogenated alkanes) is 1. The van der Waals surface area contributed by atoms with Crippen LogP contribution in [0.5, 0.6) is 0 Å². The van der Waals surface area contributed by atoms with E-state index >= 15 is 0 Å². The van der Waals surface area contributed by atoms with Crippen molar-refractivity contribution in [1.29, 1.82) is 0 Å². The van der Waals surface area contributed by atoms with Crippen molar-refractivity contribution in [2.24, 2.45) is 0 Å². The van der Waals surface area contributed by atoms with Crippen molar-refractivity contribution in [3.05, 3.63) is 17.5 Å². The first-order valence-corrected chi connectivity index (χ1v) is 6.46. The van der Waals surface area contributed by atoms with Crippen LogP contribution >= 0.6 is 0 Å². The Morgan fingerprint density at radius 2 is 2.12 bits per heavy atom. The molecule has 16 heavy (non-hydrogen) atoms. The molecule has 1 heterocycles. The minimum Gasteiger partial charge on any atom is -0.310 e. The maximum absolute atomic E-state index is 4.46. The van der Waals surface area contributed by atoms with Gasteiger partial charge in [-0.3, -0.25) is 4.68 Å². The van der Waals surface area contributed by atoms with Gasteiger partial charge in [0.05, 0.1) is 6.20 Å². The topological polar surface area (TPSA) is 29.9 Å². The second kappa shape index (κ2) is 6.69. The molecule has 1 unspecified atom stereocenters. The molecule has 0 fully saturated rings. The Hall–Kier alpha value is -0.830. The number of aromatic nitrogens is 2. The minimum absolute atomic E-state index is 0.412. The lowest BCUT2D eigenvalue weighted by molar-refractivity contribution is 0.546. The number of hydrogen-bond acceptors (Lipinski definition) is 2. The van der Waals surface area contributed by atoms with Crippen LogP contribution in [-0.4, -0.2) is 16.3 Å². The van der Waals surface area contributed by atoms with E-state index in [9.17, 15) is 0 Å². The molecule has 0 radical (unpaired) electrons. The highest BCUT2D eigenvalue weighted by molar-refractivity contribution is 5.19. The fourth-order valence-electron chi connectivity index (χ4n) is 1.89. The van der Waals surface area contributed by atoms with Crippen LogP contribution in [0.4, 0.5) is 0 Å². The summed E-state index contributed by atoms with van der Waals surface area (Å²) in [4.78, 5) is 0. The van der Waals surface area contributed by atoms with E-state index in [1.54, 1.807) is 0 Å². The van der Waals surface area contributed by atoms with Gasteiger partial charge in [0.25, 0.3) is 0 Å². The summed E-state index contributed by atoms with van der Waals surface area (Å²) in [7, 11) is 0. The van der Waals surface area contributed by atoms with Crippen LogP contribution in [0.25, 0.3) is 0 Å². The van der Waals surface area contributed by atoms with E-state index in [0.29, 0.717) is 6.04 Å². The lowest BCUT2D eigenvalue weighted by Crippen LogP contribution is -2.19. The average Bonchev–Trinajstić information content (AvgIpc) is 2.65. The zero-order valence-corrected chi connectivity index (χ0v) is 11.1. The van der Waals surface area contributed by atoms with E-state index < -0.39 is 0 Å². The van der Waals surface area contributed by atoms with Crippen molar-refractivity contribution in [2.45, 2.75) is 59.5 Å². The minimum atomic E-state index is 0.412. The molecule has 0 saturated heterocycles. The van der Waals surface area contributed by atoms with Crippen LogP contribution in [0.2, 0.25) is 0 Å². The number of aryl methyl sites for hydroxylation is 1. The first kappa shape index (κ1) is 13.2. The maximum Gasteiger partial charge on any atom is 0.0540 e. The highest BCUT2D eigenvalue weighted by atomic mass is 15.3. The molecule has 1 aromatic heterocycles. The van der Waals surface area contributed by atoms with Gasteiger partial charge < -0.3 is 5.32 Å². The molecule has 0 aliphatic rings. The van der Waals surface area contributed by atoms with E-state index in [4.69, 9.17) is 0 Å². The average molecular weight is 223 g/mol. The molecule has 0 aliphatic heterocycles. The molecule has 0 saturated carbocycles. The third-order valence-corrected chi connectivity index (χ3v) is 3.03. The third kappa shape index (κ3) is 3.34. The van der Waals surface area contributed by atoms with Crippen molar-refractivity contribution in [3.8, 4) is 0 Å². The van der Waals surface area contributed by atoms with E-state index in [1.807, 2.05) is 6.20 Å². The van der Waals surface area contributed by atoms with E-state index in [0.717, 1.165) is 13.1 Å². The summed E-state index contributed by atoms with van der Waals surface area (Å²) in [6.45, 7) is 10.9. The summed E-state index contributed by atoms with van der Waals surface area (Å²) in [5, 5.41) is 7.96. The predicted octanol–water partition coefficient (Wildman–Crippen LogP) is 3.05. The van der Waals surface area contributed by atoms with Crippen molar-refractivity contribution >= 4 is 0 Å².